The Kier molecular flexibility index (Phi) is 4.95. The molecular weight excluding hydrogens is 216 g/mol. The number of nitrogens with zero attached hydrogens (tertiary/aromatic N) is 2. The Hall–Kier alpha value is -0.450. The highest BCUT2D eigenvalue weighted by Crippen LogP contribution is 2.20. The van der Waals surface area contributed by atoms with Crippen molar-refractivity contribution in [2.75, 3.05) is 39.3 Å². The Morgan fingerprint density at radius 2 is 1.88 bits per heavy atom. The molecule has 0 bridgehead atoms. The minimum Gasteiger partial charge on any atom is -0.395 e. The Morgan fingerprint density at radius 3 is 2.59 bits per heavy atom. The van der Waals surface area contributed by atoms with Crippen LogP contribution in [-0.2, 0) is 4.79 Å². The Labute approximate surface area is 104 Å². The summed E-state index contributed by atoms with van der Waals surface area (Å²) in [6, 6.07) is 0.189. The van der Waals surface area contributed by atoms with Gasteiger partial charge in [-0.25, -0.2) is 0 Å². The van der Waals surface area contributed by atoms with Crippen molar-refractivity contribution < 1.29 is 9.90 Å². The molecule has 2 rings (SSSR count). The van der Waals surface area contributed by atoms with Gasteiger partial charge in [0.1, 0.15) is 5.78 Å². The van der Waals surface area contributed by atoms with Crippen molar-refractivity contribution >= 4 is 5.78 Å². The topological polar surface area (TPSA) is 43.8 Å². The molecule has 0 aromatic carbocycles. The fraction of sp³-hybridized carbons (Fsp3) is 0.923. The third-order valence-electron chi connectivity index (χ3n) is 4.04. The molecule has 1 saturated heterocycles. The number of piperazine rings is 1. The molecule has 1 aliphatic carbocycles. The first kappa shape index (κ1) is 13.0. The molecule has 1 aliphatic heterocycles. The number of β-amino-alcohol motifs (C(OH)–C–C–N with tert-alkyl or cyclic N) is 1. The lowest BCUT2D eigenvalue weighted by Gasteiger charge is -2.38. The zero-order chi connectivity index (χ0) is 12.1. The highest BCUT2D eigenvalue weighted by molar-refractivity contribution is 5.84. The van der Waals surface area contributed by atoms with Gasteiger partial charge in [0.25, 0.3) is 0 Å². The minimum absolute atomic E-state index is 0.189. The number of aliphatic hydroxyl groups is 1. The summed E-state index contributed by atoms with van der Waals surface area (Å²) in [4.78, 5) is 16.7. The van der Waals surface area contributed by atoms with Crippen molar-refractivity contribution in [3.63, 3.8) is 0 Å². The highest BCUT2D eigenvalue weighted by Gasteiger charge is 2.29. The van der Waals surface area contributed by atoms with E-state index in [-0.39, 0.29) is 12.6 Å². The molecule has 0 amide bonds. The number of hydrogen-bond donors (Lipinski definition) is 1. The number of hydrogen-bond acceptors (Lipinski definition) is 4. The number of carbonyl (C=O) groups excluding carboxylic acids is 1. The third-order valence-corrected chi connectivity index (χ3v) is 4.04. The van der Waals surface area contributed by atoms with Crippen LogP contribution in [0.25, 0.3) is 0 Å². The van der Waals surface area contributed by atoms with Crippen LogP contribution in [0.4, 0.5) is 0 Å². The van der Waals surface area contributed by atoms with E-state index < -0.39 is 0 Å². The van der Waals surface area contributed by atoms with E-state index in [0.717, 1.165) is 52.0 Å². The van der Waals surface area contributed by atoms with Crippen molar-refractivity contribution in [2.45, 2.75) is 38.1 Å². The molecule has 2 fully saturated rings. The second kappa shape index (κ2) is 6.47. The van der Waals surface area contributed by atoms with Gasteiger partial charge < -0.3 is 5.11 Å². The van der Waals surface area contributed by atoms with Crippen LogP contribution >= 0.6 is 0 Å². The summed E-state index contributed by atoms with van der Waals surface area (Å²) >= 11 is 0. The van der Waals surface area contributed by atoms with E-state index >= 15 is 0 Å². The Morgan fingerprint density at radius 1 is 1.12 bits per heavy atom. The molecule has 0 spiro atoms. The molecule has 0 aromatic rings. The first-order valence-electron chi connectivity index (χ1n) is 6.91. The monoisotopic (exact) mass is 240 g/mol. The zero-order valence-corrected chi connectivity index (χ0v) is 10.6. The average molecular weight is 240 g/mol. The lowest BCUT2D eigenvalue weighted by atomic mass is 10.0. The molecule has 4 heteroatoms. The van der Waals surface area contributed by atoms with E-state index in [9.17, 15) is 4.79 Å². The van der Waals surface area contributed by atoms with Crippen molar-refractivity contribution in [3.8, 4) is 0 Å². The quantitative estimate of drug-likeness (QED) is 0.730. The molecular formula is C13H24N2O2. The fourth-order valence-corrected chi connectivity index (χ4v) is 2.97. The lowest BCUT2D eigenvalue weighted by molar-refractivity contribution is -0.125. The minimum atomic E-state index is 0.189. The molecule has 1 N–H and O–H groups in total. The van der Waals surface area contributed by atoms with E-state index in [2.05, 4.69) is 9.80 Å². The van der Waals surface area contributed by atoms with Crippen LogP contribution in [0, 0.1) is 0 Å². The Bertz CT molecular complexity index is 250. The van der Waals surface area contributed by atoms with E-state index in [1.54, 1.807) is 0 Å². The van der Waals surface area contributed by atoms with E-state index in [1.807, 2.05) is 0 Å². The molecule has 98 valence electrons. The average Bonchev–Trinajstić information content (AvgIpc) is 2.56. The number of aliphatic hydroxyl groups excluding tert-OH is 1. The summed E-state index contributed by atoms with van der Waals surface area (Å²) in [5.41, 5.74) is 0. The van der Waals surface area contributed by atoms with Gasteiger partial charge in [-0.05, 0) is 12.8 Å². The van der Waals surface area contributed by atoms with Gasteiger partial charge >= 0.3 is 0 Å². The van der Waals surface area contributed by atoms with Crippen LogP contribution in [0.15, 0.2) is 0 Å². The molecule has 0 aromatic heterocycles. The standard InChI is InChI=1S/C13H24N2O2/c16-11-10-14-6-8-15(9-7-14)12-4-2-1-3-5-13(12)17/h12,16H,1-11H2/t12-/m1/s1. The first-order valence-corrected chi connectivity index (χ1v) is 6.91. The molecule has 1 saturated carbocycles. The molecule has 4 nitrogen and oxygen atoms in total. The predicted molar refractivity (Wildman–Crippen MR) is 67.0 cm³/mol. The van der Waals surface area contributed by atoms with Crippen LogP contribution in [-0.4, -0.2) is 66.1 Å². The van der Waals surface area contributed by atoms with Crippen LogP contribution in [0.1, 0.15) is 32.1 Å². The van der Waals surface area contributed by atoms with Gasteiger partial charge in [-0.1, -0.05) is 12.8 Å². The predicted octanol–water partition coefficient (Wildman–Crippen LogP) is 0.498. The van der Waals surface area contributed by atoms with E-state index in [1.165, 1.54) is 12.8 Å². The van der Waals surface area contributed by atoms with E-state index in [0.29, 0.717) is 5.78 Å². The summed E-state index contributed by atoms with van der Waals surface area (Å²) in [5.74, 6) is 0.457. The SMILES string of the molecule is O=C1CCCCC[C@H]1N1CCN(CCO)CC1. The van der Waals surface area contributed by atoms with Crippen molar-refractivity contribution in [3.05, 3.63) is 0 Å². The smallest absolute Gasteiger partial charge is 0.149 e. The molecule has 17 heavy (non-hydrogen) atoms. The zero-order valence-electron chi connectivity index (χ0n) is 10.6. The maximum atomic E-state index is 12.0. The number of Topliss-reactive ketones (excluding diaryl/α,β-unsaturated/α-hetero) is 1. The van der Waals surface area contributed by atoms with Gasteiger partial charge in [0, 0.05) is 39.1 Å². The maximum absolute atomic E-state index is 12.0. The number of carbonyl (C=O) groups is 1. The molecule has 2 aliphatic rings. The summed E-state index contributed by atoms with van der Waals surface area (Å²) in [6.45, 7) is 4.95. The first-order chi connectivity index (χ1) is 8.31. The maximum Gasteiger partial charge on any atom is 0.149 e. The number of rotatable bonds is 3. The third kappa shape index (κ3) is 3.50. The van der Waals surface area contributed by atoms with Gasteiger partial charge in [0.05, 0.1) is 12.6 Å². The molecule has 1 heterocycles. The van der Waals surface area contributed by atoms with Crippen LogP contribution in [0.5, 0.6) is 0 Å². The van der Waals surface area contributed by atoms with Crippen molar-refractivity contribution in [1.29, 1.82) is 0 Å². The van der Waals surface area contributed by atoms with Gasteiger partial charge in [-0.15, -0.1) is 0 Å². The van der Waals surface area contributed by atoms with Gasteiger partial charge in [-0.2, -0.15) is 0 Å². The summed E-state index contributed by atoms with van der Waals surface area (Å²) in [5, 5.41) is 8.90. The normalized spacial score (nSPS) is 29.2. The van der Waals surface area contributed by atoms with Gasteiger partial charge in [0.2, 0.25) is 0 Å². The van der Waals surface area contributed by atoms with Crippen molar-refractivity contribution in [2.24, 2.45) is 0 Å². The largest absolute Gasteiger partial charge is 0.395 e. The molecule has 0 radical (unpaired) electrons. The fourth-order valence-electron chi connectivity index (χ4n) is 2.97. The van der Waals surface area contributed by atoms with Crippen LogP contribution in [0.3, 0.4) is 0 Å². The van der Waals surface area contributed by atoms with Gasteiger partial charge in [-0.3, -0.25) is 14.6 Å². The lowest BCUT2D eigenvalue weighted by Crippen LogP contribution is -2.52. The van der Waals surface area contributed by atoms with Crippen LogP contribution in [0.2, 0.25) is 0 Å². The summed E-state index contributed by atoms with van der Waals surface area (Å²) in [7, 11) is 0. The van der Waals surface area contributed by atoms with E-state index in [4.69, 9.17) is 5.11 Å². The molecule has 0 unspecified atom stereocenters. The van der Waals surface area contributed by atoms with Gasteiger partial charge in [0.15, 0.2) is 0 Å². The van der Waals surface area contributed by atoms with Crippen molar-refractivity contribution in [1.82, 2.24) is 9.80 Å². The second-order valence-corrected chi connectivity index (χ2v) is 5.18. The summed E-state index contributed by atoms with van der Waals surface area (Å²) in [6.07, 6.45) is 5.33. The second-order valence-electron chi connectivity index (χ2n) is 5.18. The Balaban J connectivity index is 1.84. The molecule has 1 atom stereocenters. The highest BCUT2D eigenvalue weighted by atomic mass is 16.3. The van der Waals surface area contributed by atoms with Crippen LogP contribution < -0.4 is 0 Å². The number of ketones is 1. The summed E-state index contributed by atoms with van der Waals surface area (Å²) < 4.78 is 0.